The summed E-state index contributed by atoms with van der Waals surface area (Å²) in [5, 5.41) is 10.1. The SMILES string of the molecule is Cn1cnc(CN2C[C@H](O)[C@]3(CCCO3)C2)c1. The van der Waals surface area contributed by atoms with Crippen molar-refractivity contribution in [3.8, 4) is 0 Å². The first kappa shape index (κ1) is 11.2. The van der Waals surface area contributed by atoms with Crippen molar-refractivity contribution in [2.24, 2.45) is 7.05 Å². The molecular weight excluding hydrogens is 218 g/mol. The van der Waals surface area contributed by atoms with E-state index in [-0.39, 0.29) is 11.7 Å². The Hall–Kier alpha value is -0.910. The molecule has 17 heavy (non-hydrogen) atoms. The third-order valence-corrected chi connectivity index (χ3v) is 3.81. The molecule has 5 heteroatoms. The molecular formula is C12H19N3O2. The fraction of sp³-hybridized carbons (Fsp3) is 0.750. The van der Waals surface area contributed by atoms with Crippen molar-refractivity contribution < 1.29 is 9.84 Å². The molecule has 5 nitrogen and oxygen atoms in total. The minimum atomic E-state index is -0.353. The fourth-order valence-corrected chi connectivity index (χ4v) is 2.96. The van der Waals surface area contributed by atoms with Crippen LogP contribution < -0.4 is 0 Å². The third kappa shape index (κ3) is 1.99. The van der Waals surface area contributed by atoms with E-state index in [9.17, 15) is 5.11 Å². The van der Waals surface area contributed by atoms with Gasteiger partial charge in [0.05, 0.1) is 18.1 Å². The number of nitrogens with zero attached hydrogens (tertiary/aromatic N) is 3. The molecule has 0 aromatic carbocycles. The molecule has 1 aromatic heterocycles. The van der Waals surface area contributed by atoms with E-state index >= 15 is 0 Å². The maximum atomic E-state index is 10.1. The maximum Gasteiger partial charge on any atom is 0.108 e. The molecule has 2 atom stereocenters. The first-order chi connectivity index (χ1) is 8.18. The minimum absolute atomic E-state index is 0.297. The predicted molar refractivity (Wildman–Crippen MR) is 62.4 cm³/mol. The van der Waals surface area contributed by atoms with Crippen molar-refractivity contribution in [1.29, 1.82) is 0 Å². The number of β-amino-alcohol motifs (C(OH)–C–C–N with tert-alkyl or cyclic N) is 1. The van der Waals surface area contributed by atoms with Crippen LogP contribution in [-0.2, 0) is 18.3 Å². The van der Waals surface area contributed by atoms with Crippen molar-refractivity contribution in [3.63, 3.8) is 0 Å². The largest absolute Gasteiger partial charge is 0.389 e. The molecule has 0 aliphatic carbocycles. The second-order valence-electron chi connectivity index (χ2n) is 5.23. The maximum absolute atomic E-state index is 10.1. The Bertz CT molecular complexity index is 398. The molecule has 0 saturated carbocycles. The first-order valence-electron chi connectivity index (χ1n) is 6.19. The van der Waals surface area contributed by atoms with Crippen LogP contribution in [0, 0.1) is 0 Å². The first-order valence-corrected chi connectivity index (χ1v) is 6.19. The van der Waals surface area contributed by atoms with Gasteiger partial charge in [-0.15, -0.1) is 0 Å². The highest BCUT2D eigenvalue weighted by Gasteiger charge is 2.48. The molecule has 94 valence electrons. The molecule has 2 fully saturated rings. The van der Waals surface area contributed by atoms with Gasteiger partial charge in [0.25, 0.3) is 0 Å². The highest BCUT2D eigenvalue weighted by atomic mass is 16.5. The lowest BCUT2D eigenvalue weighted by molar-refractivity contribution is -0.0593. The van der Waals surface area contributed by atoms with Gasteiger partial charge in [0.1, 0.15) is 5.60 Å². The molecule has 2 aliphatic rings. The normalized spacial score (nSPS) is 33.9. The lowest BCUT2D eigenvalue weighted by atomic mass is 9.97. The van der Waals surface area contributed by atoms with Gasteiger partial charge in [-0.05, 0) is 12.8 Å². The summed E-state index contributed by atoms with van der Waals surface area (Å²) in [6, 6.07) is 0. The van der Waals surface area contributed by atoms with E-state index < -0.39 is 0 Å². The second-order valence-corrected chi connectivity index (χ2v) is 5.23. The van der Waals surface area contributed by atoms with Gasteiger partial charge in [0, 0.05) is 39.5 Å². The number of aromatic nitrogens is 2. The van der Waals surface area contributed by atoms with Crippen molar-refractivity contribution in [1.82, 2.24) is 14.5 Å². The van der Waals surface area contributed by atoms with E-state index in [1.54, 1.807) is 0 Å². The van der Waals surface area contributed by atoms with Crippen LogP contribution in [0.1, 0.15) is 18.5 Å². The highest BCUT2D eigenvalue weighted by Crippen LogP contribution is 2.35. The number of imidazole rings is 1. The summed E-state index contributed by atoms with van der Waals surface area (Å²) in [4.78, 5) is 6.55. The Morgan fingerprint density at radius 1 is 1.65 bits per heavy atom. The van der Waals surface area contributed by atoms with Gasteiger partial charge in [-0.2, -0.15) is 0 Å². The average molecular weight is 237 g/mol. The van der Waals surface area contributed by atoms with Crippen molar-refractivity contribution >= 4 is 0 Å². The summed E-state index contributed by atoms with van der Waals surface area (Å²) < 4.78 is 7.72. The van der Waals surface area contributed by atoms with Crippen LogP contribution >= 0.6 is 0 Å². The Kier molecular flexibility index (Phi) is 2.69. The molecule has 0 unspecified atom stereocenters. The molecule has 0 radical (unpaired) electrons. The van der Waals surface area contributed by atoms with Crippen LogP contribution in [0.15, 0.2) is 12.5 Å². The van der Waals surface area contributed by atoms with Gasteiger partial charge in [0.15, 0.2) is 0 Å². The molecule has 0 bridgehead atoms. The zero-order chi connectivity index (χ0) is 11.9. The summed E-state index contributed by atoms with van der Waals surface area (Å²) in [6.07, 6.45) is 5.52. The van der Waals surface area contributed by atoms with Gasteiger partial charge in [0.2, 0.25) is 0 Å². The Labute approximate surface area is 101 Å². The van der Waals surface area contributed by atoms with Crippen LogP contribution in [0.3, 0.4) is 0 Å². The number of ether oxygens (including phenoxy) is 1. The lowest BCUT2D eigenvalue weighted by Crippen LogP contribution is -2.40. The molecule has 2 saturated heterocycles. The van der Waals surface area contributed by atoms with Gasteiger partial charge < -0.3 is 14.4 Å². The van der Waals surface area contributed by atoms with E-state index in [0.29, 0.717) is 6.54 Å². The highest BCUT2D eigenvalue weighted by molar-refractivity contribution is 5.04. The molecule has 3 rings (SSSR count). The molecule has 1 aromatic rings. The molecule has 1 N–H and O–H groups in total. The topological polar surface area (TPSA) is 50.5 Å². The summed E-state index contributed by atoms with van der Waals surface area (Å²) in [7, 11) is 1.97. The number of aliphatic hydroxyl groups excluding tert-OH is 1. The van der Waals surface area contributed by atoms with Crippen molar-refractivity contribution in [2.75, 3.05) is 19.7 Å². The summed E-state index contributed by atoms with van der Waals surface area (Å²) in [5.74, 6) is 0. The van der Waals surface area contributed by atoms with Crippen LogP contribution in [0.2, 0.25) is 0 Å². The molecule has 1 spiro atoms. The van der Waals surface area contributed by atoms with Crippen LogP contribution in [0.5, 0.6) is 0 Å². The summed E-state index contributed by atoms with van der Waals surface area (Å²) in [5.41, 5.74) is 0.754. The molecule has 3 heterocycles. The Morgan fingerprint density at radius 2 is 2.53 bits per heavy atom. The summed E-state index contributed by atoms with van der Waals surface area (Å²) >= 11 is 0. The second kappa shape index (κ2) is 4.08. The predicted octanol–water partition coefficient (Wildman–Crippen LogP) is 0.146. The number of hydrogen-bond donors (Lipinski definition) is 1. The fourth-order valence-electron chi connectivity index (χ4n) is 2.96. The Morgan fingerprint density at radius 3 is 3.18 bits per heavy atom. The number of likely N-dealkylation sites (tertiary alicyclic amines) is 1. The smallest absolute Gasteiger partial charge is 0.108 e. The number of rotatable bonds is 2. The van der Waals surface area contributed by atoms with E-state index in [4.69, 9.17) is 4.74 Å². The lowest BCUT2D eigenvalue weighted by Gasteiger charge is -2.25. The van der Waals surface area contributed by atoms with Gasteiger partial charge in [-0.25, -0.2) is 4.98 Å². The molecule has 0 amide bonds. The van der Waals surface area contributed by atoms with Crippen LogP contribution in [0.25, 0.3) is 0 Å². The van der Waals surface area contributed by atoms with Gasteiger partial charge in [-0.1, -0.05) is 0 Å². The monoisotopic (exact) mass is 237 g/mol. The van der Waals surface area contributed by atoms with E-state index in [2.05, 4.69) is 9.88 Å². The number of hydrogen-bond acceptors (Lipinski definition) is 4. The summed E-state index contributed by atoms with van der Waals surface area (Å²) in [6.45, 7) is 3.10. The van der Waals surface area contributed by atoms with Crippen LogP contribution in [-0.4, -0.2) is 51.0 Å². The van der Waals surface area contributed by atoms with E-state index in [1.807, 2.05) is 24.1 Å². The van der Waals surface area contributed by atoms with E-state index in [0.717, 1.165) is 38.2 Å². The quantitative estimate of drug-likeness (QED) is 0.795. The van der Waals surface area contributed by atoms with Gasteiger partial charge >= 0.3 is 0 Å². The third-order valence-electron chi connectivity index (χ3n) is 3.81. The van der Waals surface area contributed by atoms with Crippen molar-refractivity contribution in [2.45, 2.75) is 31.1 Å². The Balaban J connectivity index is 1.67. The van der Waals surface area contributed by atoms with Crippen molar-refractivity contribution in [3.05, 3.63) is 18.2 Å². The molecule has 2 aliphatic heterocycles. The zero-order valence-corrected chi connectivity index (χ0v) is 10.2. The standard InChI is InChI=1S/C12H19N3O2/c1-14-5-10(13-9-14)6-15-7-11(16)12(8-15)3-2-4-17-12/h5,9,11,16H,2-4,6-8H2,1H3/t11-,12-/m0/s1. The average Bonchev–Trinajstić information content (AvgIpc) is 2.94. The van der Waals surface area contributed by atoms with E-state index in [1.165, 1.54) is 0 Å². The minimum Gasteiger partial charge on any atom is -0.389 e. The zero-order valence-electron chi connectivity index (χ0n) is 10.2. The van der Waals surface area contributed by atoms with Crippen LogP contribution in [0.4, 0.5) is 0 Å². The number of aryl methyl sites for hydroxylation is 1. The number of aliphatic hydroxyl groups is 1. The van der Waals surface area contributed by atoms with Gasteiger partial charge in [-0.3, -0.25) is 4.90 Å².